The molecule has 1 spiro atoms. The van der Waals surface area contributed by atoms with Gasteiger partial charge < -0.3 is 45.5 Å². The van der Waals surface area contributed by atoms with E-state index in [0.29, 0.717) is 24.1 Å². The number of benzene rings is 1. The Kier molecular flexibility index (Phi) is 6.05. The van der Waals surface area contributed by atoms with Crippen molar-refractivity contribution in [1.82, 2.24) is 10.2 Å². The maximum atomic E-state index is 14.3. The van der Waals surface area contributed by atoms with E-state index in [-0.39, 0.29) is 35.6 Å². The molecular formula is C29H34N4O8. The van der Waals surface area contributed by atoms with Gasteiger partial charge in [0.15, 0.2) is 5.60 Å². The number of likely N-dealkylation sites (N-methyl/N-ethyl adjacent to an activating group) is 1. The number of furan rings is 1. The molecule has 0 radical (unpaired) electrons. The predicted octanol–water partition coefficient (Wildman–Crippen LogP) is 1.07. The number of nitrogens with two attached hydrogens (primary N) is 1. The third-order valence-electron chi connectivity index (χ3n) is 8.96. The van der Waals surface area contributed by atoms with Gasteiger partial charge in [-0.05, 0) is 56.6 Å². The van der Waals surface area contributed by atoms with Gasteiger partial charge in [0.2, 0.25) is 11.6 Å². The fraction of sp³-hybridized carbons (Fsp3) is 0.448. The van der Waals surface area contributed by atoms with E-state index >= 15 is 0 Å². The summed E-state index contributed by atoms with van der Waals surface area (Å²) < 4.78 is 11.1. The smallest absolute Gasteiger partial charge is 0.253 e. The lowest BCUT2D eigenvalue weighted by Crippen LogP contribution is -2.60. The Bertz CT molecular complexity index is 1530. The lowest BCUT2D eigenvalue weighted by Gasteiger charge is -2.46. The lowest BCUT2D eigenvalue weighted by molar-refractivity contribution is -0.127. The van der Waals surface area contributed by atoms with E-state index in [9.17, 15) is 30.0 Å². The number of anilines is 1. The molecular weight excluding hydrogens is 532 g/mol. The molecule has 1 saturated heterocycles. The van der Waals surface area contributed by atoms with Crippen molar-refractivity contribution in [3.05, 3.63) is 63.8 Å². The van der Waals surface area contributed by atoms with Crippen LogP contribution in [0, 0.1) is 11.8 Å². The normalized spacial score (nSPS) is 30.1. The van der Waals surface area contributed by atoms with Gasteiger partial charge in [-0.1, -0.05) is 0 Å². The zero-order valence-electron chi connectivity index (χ0n) is 23.3. The van der Waals surface area contributed by atoms with E-state index in [1.165, 1.54) is 0 Å². The van der Waals surface area contributed by atoms with Crippen LogP contribution in [0.25, 0.3) is 5.76 Å². The fourth-order valence-electron chi connectivity index (χ4n) is 7.22. The SMILES string of the molecule is CN(C)c1cc(CNCc2ccco2)c(O)c2c1C[C@H]1C[C@H]3[C@H](N(C)C)C(O)=C(C(N)=O)C4(O)O[C@]34C(=O)C1=C2O. The molecule has 12 heteroatoms. The summed E-state index contributed by atoms with van der Waals surface area (Å²) in [4.78, 5) is 30.1. The highest BCUT2D eigenvalue weighted by Gasteiger charge is 2.86. The van der Waals surface area contributed by atoms with E-state index in [1.807, 2.05) is 31.1 Å². The molecule has 5 atom stereocenters. The van der Waals surface area contributed by atoms with Crippen LogP contribution in [-0.2, 0) is 33.8 Å². The first-order valence-corrected chi connectivity index (χ1v) is 13.4. The van der Waals surface area contributed by atoms with Crippen LogP contribution in [0.5, 0.6) is 5.75 Å². The van der Waals surface area contributed by atoms with Crippen molar-refractivity contribution in [3.63, 3.8) is 0 Å². The molecule has 1 amide bonds. The van der Waals surface area contributed by atoms with Gasteiger partial charge in [0.25, 0.3) is 5.91 Å². The minimum absolute atomic E-state index is 0.0214. The Morgan fingerprint density at radius 2 is 1.93 bits per heavy atom. The molecule has 12 nitrogen and oxygen atoms in total. The Morgan fingerprint density at radius 1 is 1.20 bits per heavy atom. The van der Waals surface area contributed by atoms with Crippen LogP contribution in [0.2, 0.25) is 0 Å². The van der Waals surface area contributed by atoms with E-state index in [4.69, 9.17) is 14.9 Å². The van der Waals surface area contributed by atoms with Crippen LogP contribution >= 0.6 is 0 Å². The minimum atomic E-state index is -2.41. The molecule has 2 fully saturated rings. The van der Waals surface area contributed by atoms with Gasteiger partial charge >= 0.3 is 0 Å². The maximum absolute atomic E-state index is 14.3. The zero-order valence-corrected chi connectivity index (χ0v) is 23.3. The fourth-order valence-corrected chi connectivity index (χ4v) is 7.22. The third kappa shape index (κ3) is 3.61. The van der Waals surface area contributed by atoms with E-state index in [2.05, 4.69) is 5.32 Å². The lowest BCUT2D eigenvalue weighted by atomic mass is 9.58. The molecule has 1 saturated carbocycles. The molecule has 0 bridgehead atoms. The quantitative estimate of drug-likeness (QED) is 0.263. The average Bonchev–Trinajstić information content (AvgIpc) is 3.22. The molecule has 2 aromatic rings. The number of ether oxygens (including phenoxy) is 1. The zero-order chi connectivity index (χ0) is 29.6. The molecule has 3 aliphatic carbocycles. The number of phenols is 1. The van der Waals surface area contributed by atoms with Crippen molar-refractivity contribution < 1.29 is 39.2 Å². The van der Waals surface area contributed by atoms with Gasteiger partial charge in [-0.3, -0.25) is 14.5 Å². The number of amides is 1. The Hall–Kier alpha value is -3.84. The summed E-state index contributed by atoms with van der Waals surface area (Å²) >= 11 is 0. The second kappa shape index (κ2) is 9.08. The predicted molar refractivity (Wildman–Crippen MR) is 147 cm³/mol. The van der Waals surface area contributed by atoms with Gasteiger partial charge in [-0.2, -0.15) is 0 Å². The van der Waals surface area contributed by atoms with Gasteiger partial charge in [0.05, 0.1) is 24.4 Å². The van der Waals surface area contributed by atoms with Crippen LogP contribution < -0.4 is 16.0 Å². The number of aliphatic hydroxyl groups excluding tert-OH is 2. The number of hydrogen-bond acceptors (Lipinski definition) is 11. The van der Waals surface area contributed by atoms with E-state index in [1.54, 1.807) is 31.3 Å². The van der Waals surface area contributed by atoms with Crippen LogP contribution in [0.3, 0.4) is 0 Å². The number of aliphatic hydroxyl groups is 3. The van der Waals surface area contributed by atoms with Crippen LogP contribution in [0.15, 0.2) is 45.8 Å². The van der Waals surface area contributed by atoms with Gasteiger partial charge in [0, 0.05) is 43.4 Å². The summed E-state index contributed by atoms with van der Waals surface area (Å²) in [6.07, 6.45) is 2.15. The highest BCUT2D eigenvalue weighted by atomic mass is 16.8. The number of fused-ring (bicyclic) bond motifs is 2. The van der Waals surface area contributed by atoms with E-state index < -0.39 is 52.3 Å². The van der Waals surface area contributed by atoms with Crippen LogP contribution in [0.4, 0.5) is 5.69 Å². The number of phenolic OH excluding ortho intramolecular Hbond substituents is 1. The number of epoxide rings is 1. The number of Topliss-reactive ketones (excluding diaryl/α,β-unsaturated/α-hetero) is 1. The number of primary amides is 1. The van der Waals surface area contributed by atoms with Gasteiger partial charge in [-0.25, -0.2) is 0 Å². The van der Waals surface area contributed by atoms with Crippen molar-refractivity contribution in [2.45, 2.75) is 43.4 Å². The van der Waals surface area contributed by atoms with E-state index in [0.717, 1.165) is 11.4 Å². The van der Waals surface area contributed by atoms with Crippen molar-refractivity contribution in [2.24, 2.45) is 17.6 Å². The van der Waals surface area contributed by atoms with Crippen molar-refractivity contribution >= 4 is 23.1 Å². The summed E-state index contributed by atoms with van der Waals surface area (Å²) in [6.45, 7) is 0.677. The highest BCUT2D eigenvalue weighted by Crippen LogP contribution is 2.67. The first-order valence-electron chi connectivity index (χ1n) is 13.4. The molecule has 4 aliphatic rings. The van der Waals surface area contributed by atoms with Crippen molar-refractivity contribution in [2.75, 3.05) is 33.1 Å². The molecule has 1 unspecified atom stereocenters. The van der Waals surface area contributed by atoms with Crippen LogP contribution in [0.1, 0.15) is 28.9 Å². The second-order valence-electron chi connectivity index (χ2n) is 11.7. The highest BCUT2D eigenvalue weighted by molar-refractivity contribution is 6.14. The average molecular weight is 567 g/mol. The minimum Gasteiger partial charge on any atom is -0.510 e. The van der Waals surface area contributed by atoms with Gasteiger partial charge in [-0.15, -0.1) is 0 Å². The number of carbonyl (C=O) groups is 2. The summed E-state index contributed by atoms with van der Waals surface area (Å²) in [7, 11) is 7.10. The molecule has 1 aromatic heterocycles. The number of rotatable bonds is 7. The Morgan fingerprint density at radius 3 is 2.54 bits per heavy atom. The maximum Gasteiger partial charge on any atom is 0.253 e. The first-order chi connectivity index (χ1) is 19.3. The van der Waals surface area contributed by atoms with Crippen LogP contribution in [-0.4, -0.2) is 82.6 Å². The molecule has 7 N–H and O–H groups in total. The van der Waals surface area contributed by atoms with Crippen molar-refractivity contribution in [1.29, 1.82) is 0 Å². The molecule has 6 rings (SSSR count). The number of nitrogens with zero attached hydrogens (tertiary/aromatic N) is 2. The number of carbonyl (C=O) groups excluding carboxylic acids is 2. The van der Waals surface area contributed by atoms with Gasteiger partial charge in [0.1, 0.15) is 28.6 Å². The molecule has 218 valence electrons. The Labute approximate surface area is 236 Å². The summed E-state index contributed by atoms with van der Waals surface area (Å²) in [5.74, 6) is -5.68. The molecule has 2 heterocycles. The summed E-state index contributed by atoms with van der Waals surface area (Å²) in [5, 5.41) is 48.7. The largest absolute Gasteiger partial charge is 0.510 e. The standard InChI is InChI=1S/C29H34N4O8/c1-32(2)18-10-14(11-31-12-15-6-5-7-40-15)23(34)20-16(18)8-13-9-17-22(33(3)4)25(36)21(27(30)38)29(39)28(17,41-29)26(37)19(13)24(20)35/h5-7,10,13,17,22,31,34-36,39H,8-9,11-12H2,1-4H3,(H2,30,38)/t13-,17-,22-,28-,29?/m0/s1. The molecule has 1 aliphatic heterocycles. The topological polar surface area (TPSA) is 185 Å². The Balaban J connectivity index is 1.46. The number of aromatic hydroxyl groups is 1. The monoisotopic (exact) mass is 566 g/mol. The first kappa shape index (κ1) is 27.3. The van der Waals surface area contributed by atoms with Crippen molar-refractivity contribution in [3.8, 4) is 5.75 Å². The third-order valence-corrected chi connectivity index (χ3v) is 8.96. The number of nitrogens with one attached hydrogen (secondary N) is 1. The molecule has 41 heavy (non-hydrogen) atoms. The number of ketones is 1. The second-order valence-corrected chi connectivity index (χ2v) is 11.7. The molecule has 1 aromatic carbocycles. The summed E-state index contributed by atoms with van der Waals surface area (Å²) in [5.41, 5.74) is 5.20. The summed E-state index contributed by atoms with van der Waals surface area (Å²) in [6, 6.07) is 4.63. The number of hydrogen-bond donors (Lipinski definition) is 6.